The summed E-state index contributed by atoms with van der Waals surface area (Å²) in [5.41, 5.74) is -1.10. The zero-order valence-electron chi connectivity index (χ0n) is 20.4. The number of aliphatic hydroxyl groups is 1. The molecular weight excluding hydrogens is 572 g/mol. The summed E-state index contributed by atoms with van der Waals surface area (Å²) in [6.45, 7) is -0.971. The highest BCUT2D eigenvalue weighted by Gasteiger charge is 2.48. The Morgan fingerprint density at radius 2 is 1.70 bits per heavy atom. The van der Waals surface area contributed by atoms with Gasteiger partial charge in [-0.25, -0.2) is 9.59 Å². The van der Waals surface area contributed by atoms with Crippen molar-refractivity contribution < 1.29 is 47.1 Å². The molecule has 1 fully saturated rings. The van der Waals surface area contributed by atoms with Gasteiger partial charge in [0.05, 0.1) is 6.61 Å². The minimum absolute atomic E-state index is 0.273. The number of benzene rings is 2. The molecular formula is C23H23N3O12P2-2. The van der Waals surface area contributed by atoms with E-state index in [-0.39, 0.29) is 5.56 Å². The lowest BCUT2D eigenvalue weighted by molar-refractivity contribution is -0.234. The van der Waals surface area contributed by atoms with Gasteiger partial charge in [0, 0.05) is 24.1 Å². The molecule has 40 heavy (non-hydrogen) atoms. The Hall–Kier alpha value is -3.39. The minimum atomic E-state index is -5.51. The first-order valence-corrected chi connectivity index (χ1v) is 14.8. The van der Waals surface area contributed by atoms with Gasteiger partial charge in [-0.1, -0.05) is 48.5 Å². The number of aromatic nitrogens is 2. The number of H-pyrrole nitrogens is 1. The molecule has 0 spiro atoms. The molecule has 1 amide bonds. The molecule has 2 heterocycles. The highest BCUT2D eigenvalue weighted by molar-refractivity contribution is 7.62. The van der Waals surface area contributed by atoms with E-state index in [1.807, 2.05) is 4.98 Å². The number of phosphoric ester groups is 1. The van der Waals surface area contributed by atoms with Gasteiger partial charge in [0.2, 0.25) is 0 Å². The fourth-order valence-electron chi connectivity index (χ4n) is 3.83. The van der Waals surface area contributed by atoms with Crippen LogP contribution in [0.15, 0.2) is 82.5 Å². The van der Waals surface area contributed by atoms with Crippen LogP contribution in [0, 0.1) is 0 Å². The monoisotopic (exact) mass is 595 g/mol. The Bertz CT molecular complexity index is 1530. The number of hydrogen-bond acceptors (Lipinski definition) is 12. The average molecular weight is 595 g/mol. The quantitative estimate of drug-likeness (QED) is 0.275. The van der Waals surface area contributed by atoms with Crippen molar-refractivity contribution in [3.8, 4) is 0 Å². The number of ether oxygens (including phenoxy) is 2. The largest absolute Gasteiger partial charge is 0.778 e. The van der Waals surface area contributed by atoms with E-state index in [4.69, 9.17) is 14.0 Å². The summed E-state index contributed by atoms with van der Waals surface area (Å²) >= 11 is 0. The number of hydrogen-bond donors (Lipinski definition) is 3. The van der Waals surface area contributed by atoms with Crippen molar-refractivity contribution in [1.29, 1.82) is 0 Å². The number of aliphatic hydroxyl groups excluding tert-OH is 1. The molecule has 0 saturated carbocycles. The second-order valence-corrected chi connectivity index (χ2v) is 11.9. The van der Waals surface area contributed by atoms with Crippen molar-refractivity contribution in [2.75, 3.05) is 11.9 Å². The number of aromatic amines is 1. The van der Waals surface area contributed by atoms with Gasteiger partial charge in [-0.2, -0.15) is 0 Å². The van der Waals surface area contributed by atoms with Gasteiger partial charge in [0.15, 0.2) is 12.3 Å². The first kappa shape index (κ1) is 29.6. The number of carbonyl (C=O) groups is 1. The Balaban J connectivity index is 1.49. The fraction of sp³-hybridized carbons (Fsp3) is 0.261. The standard InChI is InChI=1S/C23H25N3O12P2/c27-18-11-12-26(22(29)25-18)21-19(28)20(37-23(30)24-16-9-5-2-6-10-16)17(36-21)13-35-40(33,34)38-39(31,32)14-15-7-3-1-4-8-15/h1-12,17,19-21,28H,13-14H2,(H,24,30)(H,31,32)(H,33,34)(H,25,27,29)/p-2/t17-,19?,20+,21-/m1/s1. The van der Waals surface area contributed by atoms with Crippen LogP contribution in [0.3, 0.4) is 0 Å². The lowest BCUT2D eigenvalue weighted by Gasteiger charge is -2.32. The zero-order chi connectivity index (χ0) is 28.9. The fourth-order valence-corrected chi connectivity index (χ4v) is 6.45. The van der Waals surface area contributed by atoms with Gasteiger partial charge in [0.1, 0.15) is 19.8 Å². The van der Waals surface area contributed by atoms with E-state index in [1.54, 1.807) is 48.5 Å². The molecule has 3 unspecified atom stereocenters. The Labute approximate surface area is 226 Å². The molecule has 4 rings (SSSR count). The van der Waals surface area contributed by atoms with Crippen LogP contribution in [-0.2, 0) is 33.6 Å². The number of nitrogens with zero attached hydrogens (tertiary/aromatic N) is 1. The van der Waals surface area contributed by atoms with Gasteiger partial charge in [-0.05, 0) is 17.7 Å². The van der Waals surface area contributed by atoms with E-state index < -0.39 is 70.1 Å². The molecule has 0 radical (unpaired) electrons. The van der Waals surface area contributed by atoms with E-state index in [0.717, 1.165) is 16.8 Å². The van der Waals surface area contributed by atoms with Crippen LogP contribution >= 0.6 is 15.4 Å². The highest BCUT2D eigenvalue weighted by Crippen LogP contribution is 2.56. The van der Waals surface area contributed by atoms with Gasteiger partial charge in [-0.15, -0.1) is 0 Å². The second kappa shape index (κ2) is 12.4. The molecule has 1 saturated heterocycles. The van der Waals surface area contributed by atoms with Crippen LogP contribution in [0.25, 0.3) is 0 Å². The maximum Gasteiger partial charge on any atom is 0.412 e. The Kier molecular flexibility index (Phi) is 9.19. The topological polar surface area (TPSA) is 221 Å². The molecule has 1 aliphatic rings. The number of amides is 1. The van der Waals surface area contributed by atoms with Gasteiger partial charge < -0.3 is 33.5 Å². The van der Waals surface area contributed by atoms with Crippen molar-refractivity contribution in [3.63, 3.8) is 0 Å². The van der Waals surface area contributed by atoms with Crippen LogP contribution in [0.4, 0.5) is 10.5 Å². The molecule has 6 atom stereocenters. The van der Waals surface area contributed by atoms with E-state index in [1.165, 1.54) is 12.1 Å². The molecule has 1 aliphatic heterocycles. The summed E-state index contributed by atoms with van der Waals surface area (Å²) < 4.78 is 45.3. The van der Waals surface area contributed by atoms with Gasteiger partial charge >= 0.3 is 11.8 Å². The number of para-hydroxylation sites is 1. The minimum Gasteiger partial charge on any atom is -0.778 e. The molecule has 17 heteroatoms. The Morgan fingerprint density at radius 1 is 1.05 bits per heavy atom. The van der Waals surface area contributed by atoms with E-state index in [0.29, 0.717) is 5.69 Å². The molecule has 3 N–H and O–H groups in total. The molecule has 0 bridgehead atoms. The molecule has 1 aromatic heterocycles. The van der Waals surface area contributed by atoms with Gasteiger partial charge in [-0.3, -0.25) is 28.5 Å². The maximum absolute atomic E-state index is 12.5. The van der Waals surface area contributed by atoms with Crippen molar-refractivity contribution in [2.24, 2.45) is 0 Å². The van der Waals surface area contributed by atoms with Crippen LogP contribution in [0.5, 0.6) is 0 Å². The predicted octanol–water partition coefficient (Wildman–Crippen LogP) is 0.667. The predicted molar refractivity (Wildman–Crippen MR) is 134 cm³/mol. The summed E-state index contributed by atoms with van der Waals surface area (Å²) in [4.78, 5) is 62.8. The third kappa shape index (κ3) is 7.84. The molecule has 0 aliphatic carbocycles. The van der Waals surface area contributed by atoms with Crippen molar-refractivity contribution in [3.05, 3.63) is 99.3 Å². The van der Waals surface area contributed by atoms with Crippen molar-refractivity contribution in [2.45, 2.75) is 30.7 Å². The number of anilines is 1. The van der Waals surface area contributed by atoms with E-state index in [9.17, 15) is 38.4 Å². The average Bonchev–Trinajstić information content (AvgIpc) is 3.18. The van der Waals surface area contributed by atoms with Crippen LogP contribution in [0.1, 0.15) is 11.8 Å². The van der Waals surface area contributed by atoms with Crippen LogP contribution in [-0.4, -0.2) is 45.7 Å². The summed E-state index contributed by atoms with van der Waals surface area (Å²) in [5, 5.41) is 13.3. The summed E-state index contributed by atoms with van der Waals surface area (Å²) in [6.07, 6.45) is -7.24. The number of phosphoric acid groups is 1. The van der Waals surface area contributed by atoms with Crippen LogP contribution < -0.4 is 26.4 Å². The summed E-state index contributed by atoms with van der Waals surface area (Å²) in [5.74, 6) is 0. The molecule has 15 nitrogen and oxygen atoms in total. The maximum atomic E-state index is 12.5. The smallest absolute Gasteiger partial charge is 0.412 e. The van der Waals surface area contributed by atoms with E-state index in [2.05, 4.69) is 9.63 Å². The lowest BCUT2D eigenvalue weighted by atomic mass is 10.1. The van der Waals surface area contributed by atoms with Crippen molar-refractivity contribution in [1.82, 2.24) is 9.55 Å². The first-order chi connectivity index (χ1) is 18.9. The number of nitrogens with one attached hydrogen (secondary N) is 2. The summed E-state index contributed by atoms with van der Waals surface area (Å²) in [7, 11) is -10.5. The normalized spacial score (nSPS) is 23.6. The first-order valence-electron chi connectivity index (χ1n) is 11.6. The van der Waals surface area contributed by atoms with Gasteiger partial charge in [0.25, 0.3) is 13.4 Å². The molecule has 3 aromatic rings. The number of rotatable bonds is 10. The van der Waals surface area contributed by atoms with E-state index >= 15 is 0 Å². The molecule has 214 valence electrons. The third-order valence-electron chi connectivity index (χ3n) is 5.54. The van der Waals surface area contributed by atoms with Crippen molar-refractivity contribution >= 4 is 27.2 Å². The third-order valence-corrected chi connectivity index (χ3v) is 8.55. The summed E-state index contributed by atoms with van der Waals surface area (Å²) in [6, 6.07) is 16.7. The molecule has 2 aromatic carbocycles. The lowest BCUT2D eigenvalue weighted by Crippen LogP contribution is -2.41. The second-order valence-electron chi connectivity index (χ2n) is 8.51. The SMILES string of the molecule is O=C(Nc1ccccc1)O[C@@H]1C(O)[C@H](n2ccc(=O)[nH]c2=O)O[C@@H]1COP(=O)([O-])OP(=O)([O-])Cc1ccccc1. The Morgan fingerprint density at radius 3 is 2.35 bits per heavy atom. The number of carbonyl (C=O) groups excluding carboxylic acids is 1. The van der Waals surface area contributed by atoms with Crippen LogP contribution in [0.2, 0.25) is 0 Å². The zero-order valence-corrected chi connectivity index (χ0v) is 22.2. The highest BCUT2D eigenvalue weighted by atomic mass is 31.3.